The number of esters is 1. The number of phenols is 1. The number of benzene rings is 1. The number of rotatable bonds is 3. The van der Waals surface area contributed by atoms with E-state index in [1.807, 2.05) is 0 Å². The Morgan fingerprint density at radius 2 is 2.05 bits per heavy atom. The molecule has 1 aliphatic heterocycles. The summed E-state index contributed by atoms with van der Waals surface area (Å²) in [5, 5.41) is 15.0. The Balaban J connectivity index is 2.58. The van der Waals surface area contributed by atoms with E-state index in [0.29, 0.717) is 11.3 Å². The smallest absolute Gasteiger partial charge is 0.337 e. The van der Waals surface area contributed by atoms with Crippen molar-refractivity contribution in [2.45, 2.75) is 13.0 Å². The summed E-state index contributed by atoms with van der Waals surface area (Å²) in [6, 6.07) is 1.71. The van der Waals surface area contributed by atoms with Crippen molar-refractivity contribution in [2.75, 3.05) is 14.2 Å². The van der Waals surface area contributed by atoms with Crippen LogP contribution >= 0.6 is 11.6 Å². The van der Waals surface area contributed by atoms with E-state index in [-0.39, 0.29) is 22.1 Å². The van der Waals surface area contributed by atoms with Gasteiger partial charge in [-0.1, -0.05) is 11.6 Å². The van der Waals surface area contributed by atoms with Gasteiger partial charge in [0.05, 0.1) is 30.9 Å². The van der Waals surface area contributed by atoms with Gasteiger partial charge in [0.2, 0.25) is 0 Å². The topological polar surface area (TPSA) is 96.9 Å². The number of hydrogen-bond donors (Lipinski definition) is 3. The first-order chi connectivity index (χ1) is 10.4. The number of aromatic hydroxyl groups is 1. The SMILES string of the molecule is COC(=O)C1=C(C)NC(=O)N[C@H]1c1cc(Cl)c(O)c(OC)c1. The van der Waals surface area contributed by atoms with Gasteiger partial charge in [0.25, 0.3) is 0 Å². The predicted molar refractivity (Wildman–Crippen MR) is 78.8 cm³/mol. The van der Waals surface area contributed by atoms with Gasteiger partial charge in [0.15, 0.2) is 11.5 Å². The lowest BCUT2D eigenvalue weighted by Gasteiger charge is -2.28. The third-order valence-corrected chi connectivity index (χ3v) is 3.57. The quantitative estimate of drug-likeness (QED) is 0.737. The maximum atomic E-state index is 12.0. The van der Waals surface area contributed by atoms with Crippen LogP contribution in [0.4, 0.5) is 4.79 Å². The second-order valence-corrected chi connectivity index (χ2v) is 5.02. The molecule has 0 saturated carbocycles. The molecular weight excluding hydrogens is 312 g/mol. The Morgan fingerprint density at radius 1 is 1.36 bits per heavy atom. The van der Waals surface area contributed by atoms with Crippen molar-refractivity contribution >= 4 is 23.6 Å². The molecular formula is C14H15ClN2O5. The van der Waals surface area contributed by atoms with Gasteiger partial charge in [-0.05, 0) is 24.6 Å². The molecule has 0 unspecified atom stereocenters. The Labute approximate surface area is 131 Å². The zero-order chi connectivity index (χ0) is 16.4. The van der Waals surface area contributed by atoms with Crippen molar-refractivity contribution in [1.82, 2.24) is 10.6 Å². The molecule has 118 valence electrons. The molecule has 0 radical (unpaired) electrons. The summed E-state index contributed by atoms with van der Waals surface area (Å²) in [4.78, 5) is 23.7. The first kappa shape index (κ1) is 16.0. The fourth-order valence-electron chi connectivity index (χ4n) is 2.24. The molecule has 8 heteroatoms. The molecule has 0 aliphatic carbocycles. The van der Waals surface area contributed by atoms with Crippen LogP contribution in [0.2, 0.25) is 5.02 Å². The maximum Gasteiger partial charge on any atom is 0.337 e. The third kappa shape index (κ3) is 2.80. The van der Waals surface area contributed by atoms with Crippen molar-refractivity contribution in [3.63, 3.8) is 0 Å². The second kappa shape index (κ2) is 6.15. The van der Waals surface area contributed by atoms with Crippen LogP contribution in [-0.2, 0) is 9.53 Å². The minimum Gasteiger partial charge on any atom is -0.503 e. The molecule has 1 heterocycles. The summed E-state index contributed by atoms with van der Waals surface area (Å²) >= 11 is 5.96. The van der Waals surface area contributed by atoms with E-state index in [1.54, 1.807) is 6.92 Å². The minimum absolute atomic E-state index is 0.0454. The Morgan fingerprint density at radius 3 is 2.64 bits per heavy atom. The summed E-state index contributed by atoms with van der Waals surface area (Å²) in [5.74, 6) is -0.663. The number of hydrogen-bond acceptors (Lipinski definition) is 5. The van der Waals surface area contributed by atoms with Crippen molar-refractivity contribution in [1.29, 1.82) is 0 Å². The molecule has 22 heavy (non-hydrogen) atoms. The highest BCUT2D eigenvalue weighted by atomic mass is 35.5. The number of amides is 2. The lowest BCUT2D eigenvalue weighted by molar-refractivity contribution is -0.136. The molecule has 1 aromatic rings. The van der Waals surface area contributed by atoms with Crippen LogP contribution in [0.15, 0.2) is 23.4 Å². The summed E-state index contributed by atoms with van der Waals surface area (Å²) in [6.07, 6.45) is 0. The average Bonchev–Trinajstić information content (AvgIpc) is 2.48. The minimum atomic E-state index is -0.770. The number of nitrogens with one attached hydrogen (secondary N) is 2. The number of carbonyl (C=O) groups is 2. The number of carbonyl (C=O) groups excluding carboxylic acids is 2. The van der Waals surface area contributed by atoms with Gasteiger partial charge in [0.1, 0.15) is 0 Å². The van der Waals surface area contributed by atoms with Crippen LogP contribution in [0, 0.1) is 0 Å². The van der Waals surface area contributed by atoms with E-state index in [2.05, 4.69) is 10.6 Å². The molecule has 3 N–H and O–H groups in total. The van der Waals surface area contributed by atoms with Gasteiger partial charge in [-0.3, -0.25) is 0 Å². The van der Waals surface area contributed by atoms with E-state index >= 15 is 0 Å². The monoisotopic (exact) mass is 326 g/mol. The van der Waals surface area contributed by atoms with E-state index in [0.717, 1.165) is 0 Å². The van der Waals surface area contributed by atoms with Crippen LogP contribution < -0.4 is 15.4 Å². The van der Waals surface area contributed by atoms with Crippen LogP contribution in [0.5, 0.6) is 11.5 Å². The molecule has 2 rings (SSSR count). The fraction of sp³-hybridized carbons (Fsp3) is 0.286. The number of allylic oxidation sites excluding steroid dienone is 1. The highest BCUT2D eigenvalue weighted by Gasteiger charge is 2.32. The summed E-state index contributed by atoms with van der Waals surface area (Å²) < 4.78 is 9.79. The molecule has 1 atom stereocenters. The molecule has 0 aromatic heterocycles. The standard InChI is InChI=1S/C14H15ClN2O5/c1-6-10(13(19)22-3)11(17-14(20)16-6)7-4-8(15)12(18)9(5-7)21-2/h4-5,11,18H,1-3H3,(H2,16,17,20)/t11-/m0/s1. The molecule has 0 spiro atoms. The van der Waals surface area contributed by atoms with Gasteiger partial charge in [0, 0.05) is 5.70 Å². The second-order valence-electron chi connectivity index (χ2n) is 4.62. The highest BCUT2D eigenvalue weighted by Crippen LogP contribution is 2.39. The molecule has 0 saturated heterocycles. The van der Waals surface area contributed by atoms with E-state index in [1.165, 1.54) is 26.4 Å². The van der Waals surface area contributed by atoms with Gasteiger partial charge >= 0.3 is 12.0 Å². The zero-order valence-electron chi connectivity index (χ0n) is 12.2. The summed E-state index contributed by atoms with van der Waals surface area (Å²) in [6.45, 7) is 1.59. The molecule has 1 aromatic carbocycles. The van der Waals surface area contributed by atoms with Crippen LogP contribution in [0.25, 0.3) is 0 Å². The average molecular weight is 327 g/mol. The molecule has 2 amide bonds. The fourth-order valence-corrected chi connectivity index (χ4v) is 2.46. The number of ether oxygens (including phenoxy) is 2. The Hall–Kier alpha value is -2.41. The summed E-state index contributed by atoms with van der Waals surface area (Å²) in [5.41, 5.74) is 1.10. The predicted octanol–water partition coefficient (Wildman–Crippen LogP) is 1.86. The van der Waals surface area contributed by atoms with Crippen molar-refractivity contribution in [3.8, 4) is 11.5 Å². The third-order valence-electron chi connectivity index (χ3n) is 3.28. The van der Waals surface area contributed by atoms with Crippen LogP contribution in [0.3, 0.4) is 0 Å². The first-order valence-corrected chi connectivity index (χ1v) is 6.69. The van der Waals surface area contributed by atoms with E-state index < -0.39 is 18.0 Å². The molecule has 0 bridgehead atoms. The lowest BCUT2D eigenvalue weighted by Crippen LogP contribution is -2.45. The highest BCUT2D eigenvalue weighted by molar-refractivity contribution is 6.32. The largest absolute Gasteiger partial charge is 0.503 e. The molecule has 7 nitrogen and oxygen atoms in total. The lowest BCUT2D eigenvalue weighted by atomic mass is 9.95. The zero-order valence-corrected chi connectivity index (χ0v) is 12.9. The van der Waals surface area contributed by atoms with Gasteiger partial charge in [-0.25, -0.2) is 9.59 Å². The van der Waals surface area contributed by atoms with Crippen molar-refractivity contribution < 1.29 is 24.2 Å². The van der Waals surface area contributed by atoms with Gasteiger partial charge < -0.3 is 25.2 Å². The number of phenolic OH excluding ortho intramolecular Hbond substituents is 1. The molecule has 1 aliphatic rings. The maximum absolute atomic E-state index is 12.0. The molecule has 0 fully saturated rings. The van der Waals surface area contributed by atoms with Gasteiger partial charge in [-0.2, -0.15) is 0 Å². The Bertz CT molecular complexity index is 671. The van der Waals surface area contributed by atoms with E-state index in [4.69, 9.17) is 21.1 Å². The normalized spacial score (nSPS) is 17.6. The Kier molecular flexibility index (Phi) is 4.46. The van der Waals surface area contributed by atoms with Crippen LogP contribution in [0.1, 0.15) is 18.5 Å². The van der Waals surface area contributed by atoms with Crippen molar-refractivity contribution in [3.05, 3.63) is 34.0 Å². The first-order valence-electron chi connectivity index (χ1n) is 6.32. The summed E-state index contributed by atoms with van der Waals surface area (Å²) in [7, 11) is 2.62. The van der Waals surface area contributed by atoms with Crippen molar-refractivity contribution in [2.24, 2.45) is 0 Å². The number of methoxy groups -OCH3 is 2. The van der Waals surface area contributed by atoms with E-state index in [9.17, 15) is 14.7 Å². The number of urea groups is 1. The van der Waals surface area contributed by atoms with Crippen LogP contribution in [-0.4, -0.2) is 31.3 Å². The van der Waals surface area contributed by atoms with Gasteiger partial charge in [-0.15, -0.1) is 0 Å². The number of halogens is 1.